The third-order valence-corrected chi connectivity index (χ3v) is 2.38. The molecule has 1 unspecified atom stereocenters. The highest BCUT2D eigenvalue weighted by Gasteiger charge is 2.22. The maximum atomic E-state index is 9.63. The number of aryl methyl sites for hydroxylation is 1. The Morgan fingerprint density at radius 3 is 2.92 bits per heavy atom. The molecule has 1 atom stereocenters. The zero-order valence-electron chi connectivity index (χ0n) is 8.06. The van der Waals surface area contributed by atoms with Crippen LogP contribution in [0.1, 0.15) is 50.4 Å². The van der Waals surface area contributed by atoms with E-state index in [-0.39, 0.29) is 0 Å². The summed E-state index contributed by atoms with van der Waals surface area (Å²) in [4.78, 5) is 4.33. The van der Waals surface area contributed by atoms with E-state index in [2.05, 4.69) is 23.9 Å². The van der Waals surface area contributed by atoms with Crippen molar-refractivity contribution in [1.29, 1.82) is 0 Å². The van der Waals surface area contributed by atoms with Gasteiger partial charge in [0, 0.05) is 12.5 Å². The molecule has 13 heavy (non-hydrogen) atoms. The van der Waals surface area contributed by atoms with E-state index in [1.165, 1.54) is 0 Å². The van der Waals surface area contributed by atoms with Crippen LogP contribution >= 0.6 is 0 Å². The van der Waals surface area contributed by atoms with Crippen molar-refractivity contribution in [3.05, 3.63) is 11.6 Å². The lowest BCUT2D eigenvalue weighted by Gasteiger charge is -2.16. The summed E-state index contributed by atoms with van der Waals surface area (Å²) in [6.07, 6.45) is 1.40. The van der Waals surface area contributed by atoms with Gasteiger partial charge in [0.2, 0.25) is 0 Å². The van der Waals surface area contributed by atoms with Crippen LogP contribution in [0.5, 0.6) is 0 Å². The summed E-state index contributed by atoms with van der Waals surface area (Å²) < 4.78 is 1.84. The van der Waals surface area contributed by atoms with Gasteiger partial charge in [0.1, 0.15) is 6.10 Å². The van der Waals surface area contributed by atoms with Crippen LogP contribution in [-0.4, -0.2) is 19.9 Å². The van der Waals surface area contributed by atoms with Gasteiger partial charge in [0.25, 0.3) is 0 Å². The summed E-state index contributed by atoms with van der Waals surface area (Å²) >= 11 is 0. The molecule has 0 spiro atoms. The molecule has 1 aromatic rings. The van der Waals surface area contributed by atoms with Crippen molar-refractivity contribution >= 4 is 0 Å². The molecule has 0 saturated heterocycles. The molecule has 2 heterocycles. The van der Waals surface area contributed by atoms with E-state index < -0.39 is 6.10 Å². The maximum Gasteiger partial charge on any atom is 0.156 e. The van der Waals surface area contributed by atoms with Gasteiger partial charge >= 0.3 is 0 Å². The minimum atomic E-state index is -0.409. The number of aliphatic hydroxyl groups excluding tert-OH is 1. The Bertz CT molecular complexity index is 306. The van der Waals surface area contributed by atoms with Gasteiger partial charge in [-0.05, 0) is 12.8 Å². The Morgan fingerprint density at radius 1 is 1.54 bits per heavy atom. The van der Waals surface area contributed by atoms with Crippen molar-refractivity contribution in [1.82, 2.24) is 14.8 Å². The molecule has 1 N–H and O–H groups in total. The predicted molar refractivity (Wildman–Crippen MR) is 48.3 cm³/mol. The van der Waals surface area contributed by atoms with Gasteiger partial charge in [-0.15, -0.1) is 0 Å². The third-order valence-electron chi connectivity index (χ3n) is 2.38. The van der Waals surface area contributed by atoms with Gasteiger partial charge in [0.15, 0.2) is 11.6 Å². The van der Waals surface area contributed by atoms with E-state index in [1.54, 1.807) is 0 Å². The zero-order valence-corrected chi connectivity index (χ0v) is 8.06. The van der Waals surface area contributed by atoms with E-state index in [0.717, 1.165) is 31.0 Å². The lowest BCUT2D eigenvalue weighted by molar-refractivity contribution is 0.130. The summed E-state index contributed by atoms with van der Waals surface area (Å²) in [6.45, 7) is 5.02. The standard InChI is InChI=1S/C9H15N3O/c1-6(2)8-10-9-7(13)4-3-5-12(9)11-8/h6-7,13H,3-5H2,1-2H3. The molecule has 0 fully saturated rings. The molecular formula is C9H15N3O. The lowest BCUT2D eigenvalue weighted by Crippen LogP contribution is -2.16. The van der Waals surface area contributed by atoms with Crippen LogP contribution in [0.2, 0.25) is 0 Å². The SMILES string of the molecule is CC(C)c1nc2n(n1)CCCC2O. The third kappa shape index (κ3) is 1.46. The molecule has 1 aliphatic heterocycles. The van der Waals surface area contributed by atoms with Crippen LogP contribution < -0.4 is 0 Å². The van der Waals surface area contributed by atoms with E-state index in [4.69, 9.17) is 0 Å². The van der Waals surface area contributed by atoms with Crippen LogP contribution in [0, 0.1) is 0 Å². The van der Waals surface area contributed by atoms with Crippen LogP contribution in [0.4, 0.5) is 0 Å². The monoisotopic (exact) mass is 181 g/mol. The van der Waals surface area contributed by atoms with Crippen molar-refractivity contribution in [3.63, 3.8) is 0 Å². The van der Waals surface area contributed by atoms with Crippen molar-refractivity contribution in [2.45, 2.75) is 45.3 Å². The lowest BCUT2D eigenvalue weighted by atomic mass is 10.1. The minimum absolute atomic E-state index is 0.338. The fourth-order valence-corrected chi connectivity index (χ4v) is 1.59. The second kappa shape index (κ2) is 3.10. The molecule has 4 nitrogen and oxygen atoms in total. The molecule has 72 valence electrons. The van der Waals surface area contributed by atoms with Gasteiger partial charge in [-0.1, -0.05) is 13.8 Å². The van der Waals surface area contributed by atoms with Gasteiger partial charge in [-0.3, -0.25) is 0 Å². The fourth-order valence-electron chi connectivity index (χ4n) is 1.59. The van der Waals surface area contributed by atoms with Crippen molar-refractivity contribution in [2.24, 2.45) is 0 Å². The quantitative estimate of drug-likeness (QED) is 0.709. The average Bonchev–Trinajstić information content (AvgIpc) is 2.49. The van der Waals surface area contributed by atoms with Gasteiger partial charge in [0.05, 0.1) is 0 Å². The fraction of sp³-hybridized carbons (Fsp3) is 0.778. The molecule has 1 aromatic heterocycles. The first-order valence-electron chi connectivity index (χ1n) is 4.81. The predicted octanol–water partition coefficient (Wildman–Crippen LogP) is 1.23. The van der Waals surface area contributed by atoms with Crippen LogP contribution in [0.25, 0.3) is 0 Å². The highest BCUT2D eigenvalue weighted by Crippen LogP contribution is 2.24. The first-order valence-corrected chi connectivity index (χ1v) is 4.81. The molecule has 1 aliphatic rings. The normalized spacial score (nSPS) is 22.0. The number of rotatable bonds is 1. The van der Waals surface area contributed by atoms with Crippen molar-refractivity contribution in [3.8, 4) is 0 Å². The van der Waals surface area contributed by atoms with Gasteiger partial charge in [-0.2, -0.15) is 5.10 Å². The van der Waals surface area contributed by atoms with Crippen LogP contribution in [-0.2, 0) is 6.54 Å². The Morgan fingerprint density at radius 2 is 2.31 bits per heavy atom. The Balaban J connectivity index is 2.36. The van der Waals surface area contributed by atoms with E-state index in [9.17, 15) is 5.11 Å². The van der Waals surface area contributed by atoms with E-state index >= 15 is 0 Å². The minimum Gasteiger partial charge on any atom is -0.385 e. The topological polar surface area (TPSA) is 50.9 Å². The average molecular weight is 181 g/mol. The van der Waals surface area contributed by atoms with Crippen LogP contribution in [0.3, 0.4) is 0 Å². The molecule has 0 saturated carbocycles. The van der Waals surface area contributed by atoms with Crippen molar-refractivity contribution in [2.75, 3.05) is 0 Å². The number of nitrogens with zero attached hydrogens (tertiary/aromatic N) is 3. The Hall–Kier alpha value is -0.900. The molecule has 0 bridgehead atoms. The van der Waals surface area contributed by atoms with Gasteiger partial charge < -0.3 is 5.11 Å². The largest absolute Gasteiger partial charge is 0.385 e. The highest BCUT2D eigenvalue weighted by atomic mass is 16.3. The number of hydrogen-bond donors (Lipinski definition) is 1. The van der Waals surface area contributed by atoms with Gasteiger partial charge in [-0.25, -0.2) is 9.67 Å². The van der Waals surface area contributed by atoms with Crippen LogP contribution in [0.15, 0.2) is 0 Å². The summed E-state index contributed by atoms with van der Waals surface area (Å²) in [5.41, 5.74) is 0. The number of aliphatic hydroxyl groups is 1. The highest BCUT2D eigenvalue weighted by molar-refractivity contribution is 5.01. The second-order valence-corrected chi connectivity index (χ2v) is 3.86. The summed E-state index contributed by atoms with van der Waals surface area (Å²) in [5, 5.41) is 14.0. The molecule has 2 rings (SSSR count). The van der Waals surface area contributed by atoms with E-state index in [0.29, 0.717) is 5.92 Å². The molecule has 0 radical (unpaired) electrons. The molecular weight excluding hydrogens is 166 g/mol. The number of aromatic nitrogens is 3. The number of hydrogen-bond acceptors (Lipinski definition) is 3. The zero-order chi connectivity index (χ0) is 9.42. The molecule has 0 aliphatic carbocycles. The number of fused-ring (bicyclic) bond motifs is 1. The summed E-state index contributed by atoms with van der Waals surface area (Å²) in [7, 11) is 0. The van der Waals surface area contributed by atoms with E-state index in [1.807, 2.05) is 4.68 Å². The summed E-state index contributed by atoms with van der Waals surface area (Å²) in [6, 6.07) is 0. The molecule has 0 amide bonds. The maximum absolute atomic E-state index is 9.63. The first-order chi connectivity index (χ1) is 6.18. The van der Waals surface area contributed by atoms with Crippen molar-refractivity contribution < 1.29 is 5.11 Å². The summed E-state index contributed by atoms with van der Waals surface area (Å²) in [5.74, 6) is 1.93. The molecule has 4 heteroatoms. The first kappa shape index (κ1) is 8.69. The second-order valence-electron chi connectivity index (χ2n) is 3.86. The smallest absolute Gasteiger partial charge is 0.156 e. The molecule has 0 aromatic carbocycles. The Kier molecular flexibility index (Phi) is 2.07. The Labute approximate surface area is 77.6 Å².